The van der Waals surface area contributed by atoms with Crippen LogP contribution in [0.2, 0.25) is 0 Å². The van der Waals surface area contributed by atoms with Crippen molar-refractivity contribution >= 4 is 27.6 Å². The van der Waals surface area contributed by atoms with Gasteiger partial charge >= 0.3 is 0 Å². The molecular weight excluding hydrogens is 276 g/mol. The molecule has 0 radical (unpaired) electrons. The van der Waals surface area contributed by atoms with Gasteiger partial charge in [-0.2, -0.15) is 5.10 Å². The first kappa shape index (κ1) is 12.9. The molecule has 0 aliphatic rings. The van der Waals surface area contributed by atoms with Crippen LogP contribution in [0.4, 0.5) is 5.69 Å². The Labute approximate surface area is 118 Å². The second-order valence-electron chi connectivity index (χ2n) is 4.53. The molecule has 0 fully saturated rings. The smallest absolute Gasteiger partial charge is 0.287 e. The Balaban J connectivity index is 1.75. The van der Waals surface area contributed by atoms with Gasteiger partial charge in [-0.15, -0.1) is 0 Å². The van der Waals surface area contributed by atoms with E-state index in [-0.39, 0.29) is 5.22 Å². The molecule has 3 aromatic rings. The lowest BCUT2D eigenvalue weighted by Crippen LogP contribution is -2.01. The fraction of sp³-hybridized carbons (Fsp3) is 0.231. The van der Waals surface area contributed by atoms with Gasteiger partial charge in [0.05, 0.1) is 6.20 Å². The quantitative estimate of drug-likeness (QED) is 0.736. The lowest BCUT2D eigenvalue weighted by molar-refractivity contribution is 0.478. The van der Waals surface area contributed by atoms with Crippen molar-refractivity contribution in [3.63, 3.8) is 0 Å². The maximum absolute atomic E-state index is 12.2. The highest BCUT2D eigenvalue weighted by Crippen LogP contribution is 2.20. The predicted octanol–water partition coefficient (Wildman–Crippen LogP) is 1.49. The van der Waals surface area contributed by atoms with E-state index < -0.39 is 10.8 Å². The molecule has 0 bridgehead atoms. The van der Waals surface area contributed by atoms with Gasteiger partial charge in [0.25, 0.3) is 5.22 Å². The zero-order valence-electron chi connectivity index (χ0n) is 10.9. The normalized spacial score (nSPS) is 12.8. The summed E-state index contributed by atoms with van der Waals surface area (Å²) < 4.78 is 19.4. The van der Waals surface area contributed by atoms with Crippen LogP contribution in [0.5, 0.6) is 0 Å². The molecule has 0 saturated carbocycles. The van der Waals surface area contributed by atoms with Gasteiger partial charge < -0.3 is 10.2 Å². The minimum Gasteiger partial charge on any atom is -0.430 e. The second-order valence-corrected chi connectivity index (χ2v) is 5.98. The number of aryl methyl sites for hydroxylation is 2. The number of nitrogen functional groups attached to an aromatic ring is 1. The Kier molecular flexibility index (Phi) is 3.27. The van der Waals surface area contributed by atoms with Crippen molar-refractivity contribution in [1.29, 1.82) is 0 Å². The molecule has 3 rings (SSSR count). The van der Waals surface area contributed by atoms with Gasteiger partial charge in [-0.05, 0) is 24.1 Å². The predicted molar refractivity (Wildman–Crippen MR) is 76.6 cm³/mol. The molecule has 20 heavy (non-hydrogen) atoms. The van der Waals surface area contributed by atoms with Crippen LogP contribution in [0.1, 0.15) is 5.56 Å². The molecule has 0 amide bonds. The number of hydrogen-bond acceptors (Lipinski definition) is 5. The zero-order chi connectivity index (χ0) is 14.1. The van der Waals surface area contributed by atoms with Gasteiger partial charge in [0.1, 0.15) is 16.3 Å². The molecule has 7 heteroatoms. The summed E-state index contributed by atoms with van der Waals surface area (Å²) in [5, 5.41) is 4.32. The van der Waals surface area contributed by atoms with E-state index in [1.54, 1.807) is 29.1 Å². The molecule has 1 aromatic carbocycles. The van der Waals surface area contributed by atoms with Gasteiger partial charge in [0.2, 0.25) is 0 Å². The second kappa shape index (κ2) is 5.09. The van der Waals surface area contributed by atoms with Gasteiger partial charge in [-0.25, -0.2) is 9.19 Å². The van der Waals surface area contributed by atoms with E-state index in [1.807, 2.05) is 13.2 Å². The number of hydrogen-bond donors (Lipinski definition) is 1. The highest BCUT2D eigenvalue weighted by atomic mass is 32.2. The minimum absolute atomic E-state index is 0.245. The number of rotatable bonds is 4. The van der Waals surface area contributed by atoms with Gasteiger partial charge in [-0.1, -0.05) is 0 Å². The van der Waals surface area contributed by atoms with Crippen LogP contribution in [0.15, 0.2) is 40.2 Å². The van der Waals surface area contributed by atoms with E-state index >= 15 is 0 Å². The summed E-state index contributed by atoms with van der Waals surface area (Å²) in [5.41, 5.74) is 8.55. The number of benzene rings is 1. The Hall–Kier alpha value is -2.15. The first-order valence-electron chi connectivity index (χ1n) is 6.14. The van der Waals surface area contributed by atoms with Crippen LogP contribution < -0.4 is 5.73 Å². The van der Waals surface area contributed by atoms with Crippen molar-refractivity contribution in [2.24, 2.45) is 7.05 Å². The average Bonchev–Trinajstić information content (AvgIpc) is 3.01. The molecule has 1 unspecified atom stereocenters. The molecule has 2 N–H and O–H groups in total. The third-order valence-corrected chi connectivity index (χ3v) is 4.06. The number of aromatic nitrogens is 3. The molecular formula is C13H14N4O2S. The van der Waals surface area contributed by atoms with Gasteiger partial charge in [0.15, 0.2) is 5.58 Å². The van der Waals surface area contributed by atoms with Crippen molar-refractivity contribution in [1.82, 2.24) is 14.8 Å². The molecule has 2 aromatic heterocycles. The maximum Gasteiger partial charge on any atom is 0.287 e. The Morgan fingerprint density at radius 1 is 1.45 bits per heavy atom. The lowest BCUT2D eigenvalue weighted by atomic mass is 10.3. The third-order valence-electron chi connectivity index (χ3n) is 2.92. The summed E-state index contributed by atoms with van der Waals surface area (Å²) in [6, 6.07) is 5.19. The monoisotopic (exact) mass is 290 g/mol. The molecule has 2 heterocycles. The zero-order valence-corrected chi connectivity index (χ0v) is 11.8. The average molecular weight is 290 g/mol. The molecule has 0 aliphatic carbocycles. The largest absolute Gasteiger partial charge is 0.430 e. The standard InChI is InChI=1S/C13H14N4O2S/c1-17-8-9(7-15-17)4-5-20(18)13-16-11-3-2-10(14)6-12(11)19-13/h2-3,6-8H,4-5,14H2,1H3. The summed E-state index contributed by atoms with van der Waals surface area (Å²) in [7, 11) is 0.583. The SMILES string of the molecule is Cn1cc(CCS(=O)c2nc3ccc(N)cc3o2)cn1. The lowest BCUT2D eigenvalue weighted by Gasteiger charge is -1.95. The Morgan fingerprint density at radius 3 is 3.05 bits per heavy atom. The topological polar surface area (TPSA) is 86.9 Å². The molecule has 0 spiro atoms. The summed E-state index contributed by atoms with van der Waals surface area (Å²) in [6.07, 6.45) is 4.34. The van der Waals surface area contributed by atoms with Crippen LogP contribution in [0.3, 0.4) is 0 Å². The number of oxazole rings is 1. The molecule has 1 atom stereocenters. The Morgan fingerprint density at radius 2 is 2.30 bits per heavy atom. The summed E-state index contributed by atoms with van der Waals surface area (Å²) >= 11 is 0. The van der Waals surface area contributed by atoms with Crippen molar-refractivity contribution in [2.75, 3.05) is 11.5 Å². The fourth-order valence-electron chi connectivity index (χ4n) is 1.92. The molecule has 104 valence electrons. The van der Waals surface area contributed by atoms with E-state index in [1.165, 1.54) is 0 Å². The summed E-state index contributed by atoms with van der Waals surface area (Å²) in [6.45, 7) is 0. The molecule has 0 aliphatic heterocycles. The highest BCUT2D eigenvalue weighted by Gasteiger charge is 2.13. The van der Waals surface area contributed by atoms with Crippen LogP contribution in [-0.2, 0) is 24.3 Å². The van der Waals surface area contributed by atoms with Gasteiger partial charge in [0, 0.05) is 30.8 Å². The highest BCUT2D eigenvalue weighted by molar-refractivity contribution is 7.84. The van der Waals surface area contributed by atoms with E-state index in [4.69, 9.17) is 10.2 Å². The molecule has 6 nitrogen and oxygen atoms in total. The van der Waals surface area contributed by atoms with E-state index in [0.717, 1.165) is 5.56 Å². The summed E-state index contributed by atoms with van der Waals surface area (Å²) in [4.78, 5) is 4.23. The van der Waals surface area contributed by atoms with Crippen molar-refractivity contribution < 1.29 is 8.63 Å². The first-order valence-corrected chi connectivity index (χ1v) is 7.46. The number of anilines is 1. The number of fused-ring (bicyclic) bond motifs is 1. The Bertz CT molecular complexity index is 778. The fourth-order valence-corrected chi connectivity index (χ4v) is 2.89. The van der Waals surface area contributed by atoms with E-state index in [0.29, 0.717) is 29.0 Å². The van der Waals surface area contributed by atoms with Crippen molar-refractivity contribution in [3.05, 3.63) is 36.2 Å². The third kappa shape index (κ3) is 2.57. The van der Waals surface area contributed by atoms with Crippen LogP contribution >= 0.6 is 0 Å². The van der Waals surface area contributed by atoms with Gasteiger partial charge in [-0.3, -0.25) is 4.68 Å². The van der Waals surface area contributed by atoms with Crippen LogP contribution in [0.25, 0.3) is 11.1 Å². The summed E-state index contributed by atoms with van der Waals surface area (Å²) in [5.74, 6) is 0.452. The van der Waals surface area contributed by atoms with Crippen molar-refractivity contribution in [3.8, 4) is 0 Å². The number of nitrogens with two attached hydrogens (primary N) is 1. The first-order chi connectivity index (χ1) is 9.61. The van der Waals surface area contributed by atoms with E-state index in [9.17, 15) is 4.21 Å². The maximum atomic E-state index is 12.2. The molecule has 0 saturated heterocycles. The van der Waals surface area contributed by atoms with Crippen molar-refractivity contribution in [2.45, 2.75) is 11.6 Å². The minimum atomic E-state index is -1.27. The van der Waals surface area contributed by atoms with Crippen LogP contribution in [-0.4, -0.2) is 24.7 Å². The number of nitrogens with zero attached hydrogens (tertiary/aromatic N) is 3. The van der Waals surface area contributed by atoms with E-state index in [2.05, 4.69) is 10.1 Å². The van der Waals surface area contributed by atoms with Crippen LogP contribution in [0, 0.1) is 0 Å².